The lowest BCUT2D eigenvalue weighted by molar-refractivity contribution is 1.38. The molecule has 0 spiro atoms. The minimum Gasteiger partial charge on any atom is -0.383 e. The summed E-state index contributed by atoms with van der Waals surface area (Å²) in [6.45, 7) is 0. The summed E-state index contributed by atoms with van der Waals surface area (Å²) in [6.07, 6.45) is 3.47. The number of aromatic nitrogens is 1. The van der Waals surface area contributed by atoms with Crippen LogP contribution in [-0.2, 0) is 0 Å². The molecule has 0 aromatic carbocycles. The Kier molecular flexibility index (Phi) is 0.768. The van der Waals surface area contributed by atoms with E-state index in [4.69, 9.17) is 11.1 Å². The third-order valence-electron chi connectivity index (χ3n) is 1.51. The van der Waals surface area contributed by atoms with E-state index in [9.17, 15) is 0 Å². The van der Waals surface area contributed by atoms with Crippen molar-refractivity contribution in [1.29, 1.82) is 5.41 Å². The predicted octanol–water partition coefficient (Wildman–Crippen LogP) is 0.0590. The third kappa shape index (κ3) is 0.452. The van der Waals surface area contributed by atoms with Gasteiger partial charge < -0.3 is 10.7 Å². The van der Waals surface area contributed by atoms with Crippen molar-refractivity contribution >= 4 is 11.7 Å². The zero-order valence-electron chi connectivity index (χ0n) is 5.18. The fourth-order valence-corrected chi connectivity index (χ4v) is 1.01. The topological polar surface area (TPSA) is 78.0 Å². The van der Waals surface area contributed by atoms with Crippen LogP contribution in [0.4, 0.5) is 0 Å². The van der Waals surface area contributed by atoms with Crippen molar-refractivity contribution < 1.29 is 0 Å². The summed E-state index contributed by atoms with van der Waals surface area (Å²) in [5.74, 6) is 0.676. The average Bonchev–Trinajstić information content (AvgIpc) is 2.39. The van der Waals surface area contributed by atoms with Crippen LogP contribution in [-0.4, -0.2) is 16.7 Å². The molecule has 0 fully saturated rings. The molecule has 4 nitrogen and oxygen atoms in total. The molecular weight excluding hydrogens is 128 g/mol. The summed E-state index contributed by atoms with van der Waals surface area (Å²) in [6, 6.07) is 0. The lowest BCUT2D eigenvalue weighted by atomic mass is 10.2. The van der Waals surface area contributed by atoms with Crippen LogP contribution >= 0.6 is 0 Å². The Bertz CT molecular complexity index is 320. The van der Waals surface area contributed by atoms with Crippen molar-refractivity contribution in [1.82, 2.24) is 4.98 Å². The van der Waals surface area contributed by atoms with Crippen LogP contribution in [0, 0.1) is 5.41 Å². The van der Waals surface area contributed by atoms with E-state index >= 15 is 0 Å². The van der Waals surface area contributed by atoms with E-state index in [1.165, 1.54) is 0 Å². The summed E-state index contributed by atoms with van der Waals surface area (Å²) in [7, 11) is 0. The molecule has 0 atom stereocenters. The predicted molar refractivity (Wildman–Crippen MR) is 38.3 cm³/mol. The molecule has 1 aliphatic rings. The fraction of sp³-hybridized carbons (Fsp3) is 0. The van der Waals surface area contributed by atoms with E-state index in [1.807, 2.05) is 0 Å². The summed E-state index contributed by atoms with van der Waals surface area (Å²) in [5, 5.41) is 7.29. The molecule has 1 aromatic heterocycles. The standard InChI is InChI=1S/C6H6N4/c7-5-3-1-9-2-4(3)6(8)10-5/h1-2,9H,(H3,7,8,10). The Morgan fingerprint density at radius 1 is 1.40 bits per heavy atom. The Morgan fingerprint density at radius 2 is 2.10 bits per heavy atom. The maximum Gasteiger partial charge on any atom is 0.156 e. The second-order valence-corrected chi connectivity index (χ2v) is 2.13. The fourth-order valence-electron chi connectivity index (χ4n) is 1.01. The minimum absolute atomic E-state index is 0.244. The van der Waals surface area contributed by atoms with Crippen molar-refractivity contribution in [3.05, 3.63) is 23.5 Å². The quantitative estimate of drug-likeness (QED) is 0.461. The van der Waals surface area contributed by atoms with Gasteiger partial charge in [-0.2, -0.15) is 0 Å². The van der Waals surface area contributed by atoms with Gasteiger partial charge in [-0.05, 0) is 0 Å². The van der Waals surface area contributed by atoms with Gasteiger partial charge in [0.25, 0.3) is 0 Å². The highest BCUT2D eigenvalue weighted by molar-refractivity contribution is 6.20. The molecule has 0 bridgehead atoms. The van der Waals surface area contributed by atoms with Gasteiger partial charge >= 0.3 is 0 Å². The first-order valence-corrected chi connectivity index (χ1v) is 2.89. The lowest BCUT2D eigenvalue weighted by Crippen LogP contribution is -2.09. The van der Waals surface area contributed by atoms with Gasteiger partial charge in [0.1, 0.15) is 5.84 Å². The van der Waals surface area contributed by atoms with Gasteiger partial charge in [-0.3, -0.25) is 5.41 Å². The molecule has 2 rings (SSSR count). The molecule has 0 aliphatic carbocycles. The van der Waals surface area contributed by atoms with Gasteiger partial charge in [-0.1, -0.05) is 0 Å². The Morgan fingerprint density at radius 3 is 2.80 bits per heavy atom. The Balaban J connectivity index is 2.72. The Labute approximate surface area is 57.3 Å². The minimum atomic E-state index is 0.244. The molecule has 0 unspecified atom stereocenters. The van der Waals surface area contributed by atoms with Crippen LogP contribution in [0.5, 0.6) is 0 Å². The van der Waals surface area contributed by atoms with Gasteiger partial charge in [-0.25, -0.2) is 4.99 Å². The number of hydrogen-bond donors (Lipinski definition) is 3. The summed E-state index contributed by atoms with van der Waals surface area (Å²) >= 11 is 0. The summed E-state index contributed by atoms with van der Waals surface area (Å²) < 4.78 is 0. The lowest BCUT2D eigenvalue weighted by Gasteiger charge is -1.83. The highest BCUT2D eigenvalue weighted by atomic mass is 15.0. The monoisotopic (exact) mass is 134 g/mol. The number of nitrogens with two attached hydrogens (primary N) is 1. The number of aromatic amines is 1. The van der Waals surface area contributed by atoms with Crippen LogP contribution < -0.4 is 5.73 Å². The van der Waals surface area contributed by atoms with Crippen LogP contribution in [0.2, 0.25) is 0 Å². The number of nitrogens with one attached hydrogen (secondary N) is 2. The number of hydrogen-bond acceptors (Lipinski definition) is 2. The smallest absolute Gasteiger partial charge is 0.156 e. The molecule has 10 heavy (non-hydrogen) atoms. The van der Waals surface area contributed by atoms with Crippen molar-refractivity contribution in [2.75, 3.05) is 0 Å². The second-order valence-electron chi connectivity index (χ2n) is 2.13. The van der Waals surface area contributed by atoms with Crippen LogP contribution in [0.1, 0.15) is 11.1 Å². The maximum absolute atomic E-state index is 7.29. The molecular formula is C6H6N4. The normalized spacial score (nSPS) is 15.2. The van der Waals surface area contributed by atoms with Gasteiger partial charge in [-0.15, -0.1) is 0 Å². The highest BCUT2D eigenvalue weighted by Crippen LogP contribution is 2.14. The molecule has 1 aliphatic heterocycles. The maximum atomic E-state index is 7.29. The first-order valence-electron chi connectivity index (χ1n) is 2.89. The van der Waals surface area contributed by atoms with Gasteiger partial charge in [0.15, 0.2) is 5.84 Å². The van der Waals surface area contributed by atoms with E-state index in [2.05, 4.69) is 9.98 Å². The average molecular weight is 134 g/mol. The van der Waals surface area contributed by atoms with Gasteiger partial charge in [0.05, 0.1) is 0 Å². The third-order valence-corrected chi connectivity index (χ3v) is 1.51. The first-order chi connectivity index (χ1) is 4.79. The molecule has 50 valence electrons. The van der Waals surface area contributed by atoms with E-state index in [0.29, 0.717) is 5.84 Å². The van der Waals surface area contributed by atoms with Crippen molar-refractivity contribution in [2.45, 2.75) is 0 Å². The molecule has 0 saturated carbocycles. The molecule has 1 aromatic rings. The number of fused-ring (bicyclic) bond motifs is 1. The molecule has 0 amide bonds. The molecule has 0 radical (unpaired) electrons. The Hall–Kier alpha value is -1.58. The largest absolute Gasteiger partial charge is 0.383 e. The van der Waals surface area contributed by atoms with Crippen LogP contribution in [0.15, 0.2) is 17.4 Å². The molecule has 4 N–H and O–H groups in total. The van der Waals surface area contributed by atoms with Crippen molar-refractivity contribution in [2.24, 2.45) is 10.7 Å². The number of aliphatic imine (C=N–C) groups is 1. The van der Waals surface area contributed by atoms with E-state index in [0.717, 1.165) is 11.1 Å². The van der Waals surface area contributed by atoms with E-state index in [-0.39, 0.29) is 5.84 Å². The van der Waals surface area contributed by atoms with E-state index < -0.39 is 0 Å². The zero-order valence-corrected chi connectivity index (χ0v) is 5.18. The zero-order chi connectivity index (χ0) is 7.14. The highest BCUT2D eigenvalue weighted by Gasteiger charge is 2.17. The van der Waals surface area contributed by atoms with Gasteiger partial charge in [0.2, 0.25) is 0 Å². The second kappa shape index (κ2) is 1.47. The molecule has 2 heterocycles. The SMILES string of the molecule is N=C1N=C(N)c2c[nH]cc21. The van der Waals surface area contributed by atoms with Crippen LogP contribution in [0.25, 0.3) is 0 Å². The van der Waals surface area contributed by atoms with E-state index in [1.54, 1.807) is 12.4 Å². The number of amidine groups is 2. The number of nitrogens with zero attached hydrogens (tertiary/aromatic N) is 1. The number of rotatable bonds is 0. The van der Waals surface area contributed by atoms with Crippen LogP contribution in [0.3, 0.4) is 0 Å². The first kappa shape index (κ1) is 5.22. The summed E-state index contributed by atoms with van der Waals surface area (Å²) in [4.78, 5) is 6.63. The van der Waals surface area contributed by atoms with Crippen molar-refractivity contribution in [3.63, 3.8) is 0 Å². The van der Waals surface area contributed by atoms with Gasteiger partial charge in [0, 0.05) is 23.5 Å². The number of H-pyrrole nitrogens is 1. The molecule has 4 heteroatoms. The molecule has 0 saturated heterocycles. The summed E-state index contributed by atoms with van der Waals surface area (Å²) in [5.41, 5.74) is 7.10. The van der Waals surface area contributed by atoms with Crippen molar-refractivity contribution in [3.8, 4) is 0 Å².